The van der Waals surface area contributed by atoms with Crippen LogP contribution in [0.15, 0.2) is 118 Å². The molecule has 3 heterocycles. The third-order valence-corrected chi connectivity index (χ3v) is 6.64. The lowest BCUT2D eigenvalue weighted by Crippen LogP contribution is -2.58. The molecule has 5 aliphatic rings. The van der Waals surface area contributed by atoms with E-state index in [9.17, 15) is 0 Å². The molecule has 156 valence electrons. The van der Waals surface area contributed by atoms with Gasteiger partial charge in [-0.1, -0.05) is 54.6 Å². The number of para-hydroxylation sites is 2. The van der Waals surface area contributed by atoms with Gasteiger partial charge in [0.1, 0.15) is 17.6 Å². The largest absolute Gasteiger partial charge is 0.715 e. The number of hydrogen-bond donors (Lipinski definition) is 0. The second kappa shape index (κ2) is 6.68. The highest BCUT2D eigenvalue weighted by molar-refractivity contribution is 5.34. The standard InChI is InChI=1S/C26H22N4O2/c1-3-9-20(10-4-1)29-26-30(21-11-5-2-6-12-21)28-23-13-7-8-19(25(23)32-26)16-18-14-15-22(27-29)24(17-18)31-26/h1-15,18-19,25H,16-17H2/q+2/t18?,19?,25?,26-/m0/s1. The van der Waals surface area contributed by atoms with Crippen molar-refractivity contribution in [2.24, 2.45) is 22.1 Å². The van der Waals surface area contributed by atoms with Crippen LogP contribution >= 0.6 is 0 Å². The Balaban J connectivity index is 1.54. The molecule has 1 fully saturated rings. The van der Waals surface area contributed by atoms with Crippen LogP contribution < -0.4 is 0 Å². The van der Waals surface area contributed by atoms with E-state index < -0.39 is 6.03 Å². The zero-order chi connectivity index (χ0) is 21.1. The average molecular weight is 422 g/mol. The molecule has 2 aromatic carbocycles. The Bertz CT molecular complexity index is 1290. The molecule has 3 unspecified atom stereocenters. The van der Waals surface area contributed by atoms with Crippen molar-refractivity contribution in [1.29, 1.82) is 0 Å². The molecule has 0 saturated carbocycles. The zero-order valence-corrected chi connectivity index (χ0v) is 17.4. The van der Waals surface area contributed by atoms with Crippen molar-refractivity contribution in [2.75, 3.05) is 0 Å². The normalized spacial score (nSPS) is 31.6. The first-order valence-electron chi connectivity index (χ1n) is 11.1. The minimum absolute atomic E-state index is 0.212. The summed E-state index contributed by atoms with van der Waals surface area (Å²) in [6, 6.07) is 18.7. The van der Waals surface area contributed by atoms with Crippen LogP contribution in [0.2, 0.25) is 0 Å². The van der Waals surface area contributed by atoms with Crippen LogP contribution in [0.3, 0.4) is 0 Å². The van der Waals surface area contributed by atoms with Gasteiger partial charge in [0.05, 0.1) is 9.39 Å². The maximum Gasteiger partial charge on any atom is 0.715 e. The molecule has 6 nitrogen and oxygen atoms in total. The predicted octanol–water partition coefficient (Wildman–Crippen LogP) is 5.88. The van der Waals surface area contributed by atoms with Crippen molar-refractivity contribution in [3.05, 3.63) is 108 Å². The molecule has 4 atom stereocenters. The average Bonchev–Trinajstić information content (AvgIpc) is 2.86. The van der Waals surface area contributed by atoms with E-state index in [1.807, 2.05) is 76.1 Å². The molecule has 6 heteroatoms. The zero-order valence-electron chi connectivity index (χ0n) is 17.4. The first kappa shape index (κ1) is 18.0. The predicted molar refractivity (Wildman–Crippen MR) is 116 cm³/mol. The SMILES string of the molecule is C1=CC2CC3C=CC4=C(C3)O[C@]3(OC2C(=C1)N=[N+]3c1ccccc1)[N+](c1ccccc1)=N4. The topological polar surface area (TPSA) is 49.2 Å². The van der Waals surface area contributed by atoms with E-state index in [1.165, 1.54) is 0 Å². The van der Waals surface area contributed by atoms with Crippen LogP contribution in [0.1, 0.15) is 12.8 Å². The molecular formula is C26H22N4O2+2. The second-order valence-electron chi connectivity index (χ2n) is 8.69. The highest BCUT2D eigenvalue weighted by atomic mass is 16.8. The van der Waals surface area contributed by atoms with Gasteiger partial charge in [-0.3, -0.25) is 0 Å². The van der Waals surface area contributed by atoms with Crippen LogP contribution in [-0.2, 0) is 9.47 Å². The smallest absolute Gasteiger partial charge is 0.350 e. The second-order valence-corrected chi connectivity index (χ2v) is 8.69. The number of rotatable bonds is 2. The van der Waals surface area contributed by atoms with Gasteiger partial charge in [0.15, 0.2) is 5.70 Å². The van der Waals surface area contributed by atoms with E-state index in [1.54, 1.807) is 0 Å². The number of hydrogen-bond acceptors (Lipinski definition) is 4. The molecule has 7 rings (SSSR count). The van der Waals surface area contributed by atoms with E-state index in [2.05, 4.69) is 24.3 Å². The van der Waals surface area contributed by atoms with E-state index in [4.69, 9.17) is 19.7 Å². The van der Waals surface area contributed by atoms with E-state index >= 15 is 0 Å². The third kappa shape index (κ3) is 2.56. The molecule has 2 aromatic rings. The summed E-state index contributed by atoms with van der Waals surface area (Å²) in [5, 5.41) is 10.2. The molecule has 0 N–H and O–H groups in total. The van der Waals surface area contributed by atoms with E-state index in [0.29, 0.717) is 5.92 Å². The molecule has 32 heavy (non-hydrogen) atoms. The minimum Gasteiger partial charge on any atom is -0.350 e. The van der Waals surface area contributed by atoms with Crippen molar-refractivity contribution < 1.29 is 18.9 Å². The molecule has 0 aromatic heterocycles. The minimum atomic E-state index is -1.35. The number of allylic oxidation sites excluding steroid dienone is 5. The Labute approximate surface area is 185 Å². The van der Waals surface area contributed by atoms with Crippen LogP contribution in [0.25, 0.3) is 0 Å². The fourth-order valence-corrected chi connectivity index (χ4v) is 5.13. The summed E-state index contributed by atoms with van der Waals surface area (Å²) < 4.78 is 17.4. The lowest BCUT2D eigenvalue weighted by Gasteiger charge is -2.33. The molecule has 2 aliphatic carbocycles. The fraction of sp³-hybridized carbons (Fsp3) is 0.231. The molecule has 4 bridgehead atoms. The number of nitrogens with zero attached hydrogens (tertiary/aromatic N) is 4. The monoisotopic (exact) mass is 422 g/mol. The Morgan fingerprint density at radius 3 is 2.34 bits per heavy atom. The van der Waals surface area contributed by atoms with Crippen molar-refractivity contribution >= 4 is 11.4 Å². The number of azo groups is 4. The summed E-state index contributed by atoms with van der Waals surface area (Å²) in [5.74, 6) is 1.45. The molecule has 1 spiro atoms. The number of fused-ring (bicyclic) bond motifs is 1. The summed E-state index contributed by atoms with van der Waals surface area (Å²) in [7, 11) is 0. The van der Waals surface area contributed by atoms with Crippen molar-refractivity contribution in [1.82, 2.24) is 0 Å². The van der Waals surface area contributed by atoms with Crippen LogP contribution in [0.4, 0.5) is 11.4 Å². The summed E-state index contributed by atoms with van der Waals surface area (Å²) in [6.45, 7) is 0. The van der Waals surface area contributed by atoms with Gasteiger partial charge in [-0.05, 0) is 24.5 Å². The number of benzene rings is 2. The van der Waals surface area contributed by atoms with Crippen LogP contribution in [0, 0.1) is 11.8 Å². The Morgan fingerprint density at radius 2 is 1.59 bits per heavy atom. The summed E-state index contributed by atoms with van der Waals surface area (Å²) in [5.41, 5.74) is 3.50. The molecule has 0 radical (unpaired) electrons. The van der Waals surface area contributed by atoms with Gasteiger partial charge in [-0.15, -0.1) is 0 Å². The van der Waals surface area contributed by atoms with Gasteiger partial charge in [-0.25, -0.2) is 4.74 Å². The maximum atomic E-state index is 6.95. The highest BCUT2D eigenvalue weighted by Crippen LogP contribution is 2.48. The third-order valence-electron chi connectivity index (χ3n) is 6.64. The van der Waals surface area contributed by atoms with Gasteiger partial charge in [0.25, 0.3) is 0 Å². The molecule has 0 amide bonds. The van der Waals surface area contributed by atoms with Gasteiger partial charge in [0.2, 0.25) is 11.4 Å². The summed E-state index contributed by atoms with van der Waals surface area (Å²) >= 11 is 0. The van der Waals surface area contributed by atoms with Gasteiger partial charge >= 0.3 is 6.03 Å². The quantitative estimate of drug-likeness (QED) is 0.568. The van der Waals surface area contributed by atoms with Crippen molar-refractivity contribution in [3.63, 3.8) is 0 Å². The highest BCUT2D eigenvalue weighted by Gasteiger charge is 2.72. The maximum absolute atomic E-state index is 6.95. The summed E-state index contributed by atoms with van der Waals surface area (Å²) in [4.78, 5) is 0. The fourth-order valence-electron chi connectivity index (χ4n) is 5.13. The lowest BCUT2D eigenvalue weighted by atomic mass is 9.83. The summed E-state index contributed by atoms with van der Waals surface area (Å²) in [6.07, 6.45) is 12.3. The molecule has 3 aliphatic heterocycles. The lowest BCUT2D eigenvalue weighted by molar-refractivity contribution is -0.926. The first-order valence-corrected chi connectivity index (χ1v) is 11.1. The molecular weight excluding hydrogens is 400 g/mol. The van der Waals surface area contributed by atoms with Gasteiger partial charge < -0.3 is 4.74 Å². The Hall–Kier alpha value is -3.64. The Morgan fingerprint density at radius 1 is 0.875 bits per heavy atom. The number of ether oxygens (including phenoxy) is 2. The molecule has 1 saturated heterocycles. The first-order chi connectivity index (χ1) is 15.8. The van der Waals surface area contributed by atoms with Crippen molar-refractivity contribution in [2.45, 2.75) is 25.0 Å². The Kier molecular flexibility index (Phi) is 3.75. The van der Waals surface area contributed by atoms with Gasteiger partial charge in [0, 0.05) is 46.8 Å². The van der Waals surface area contributed by atoms with Gasteiger partial charge in [-0.2, -0.15) is 0 Å². The van der Waals surface area contributed by atoms with Crippen molar-refractivity contribution in [3.8, 4) is 0 Å². The van der Waals surface area contributed by atoms with Crippen LogP contribution in [-0.4, -0.2) is 21.5 Å². The van der Waals surface area contributed by atoms with E-state index in [-0.39, 0.29) is 12.0 Å². The van der Waals surface area contributed by atoms with Crippen LogP contribution in [0.5, 0.6) is 0 Å². The van der Waals surface area contributed by atoms with E-state index in [0.717, 1.165) is 41.4 Å².